The molecule has 2 aliphatic heterocycles. The number of likely N-dealkylation sites (tertiary alicyclic amines) is 2. The molecule has 0 bridgehead atoms. The zero-order chi connectivity index (χ0) is 22.2. The number of nitrogens with zero attached hydrogens (tertiary/aromatic N) is 3. The summed E-state index contributed by atoms with van der Waals surface area (Å²) in [6.07, 6.45) is 3.59. The van der Waals surface area contributed by atoms with E-state index in [9.17, 15) is 9.59 Å². The summed E-state index contributed by atoms with van der Waals surface area (Å²) in [5, 5.41) is 7.30. The maximum absolute atomic E-state index is 13.5. The molecule has 2 aliphatic rings. The molecule has 0 radical (unpaired) electrons. The van der Waals surface area contributed by atoms with E-state index in [1.165, 1.54) is 0 Å². The van der Waals surface area contributed by atoms with E-state index in [0.29, 0.717) is 29.4 Å². The van der Waals surface area contributed by atoms with Crippen molar-refractivity contribution in [2.75, 3.05) is 27.3 Å². The van der Waals surface area contributed by atoms with Gasteiger partial charge < -0.3 is 19.3 Å². The molecule has 1 N–H and O–H groups in total. The van der Waals surface area contributed by atoms with Gasteiger partial charge in [-0.3, -0.25) is 14.7 Å². The second kappa shape index (κ2) is 8.24. The Bertz CT molecular complexity index is 988. The van der Waals surface area contributed by atoms with Crippen molar-refractivity contribution in [1.29, 1.82) is 0 Å². The molecule has 0 aliphatic carbocycles. The van der Waals surface area contributed by atoms with Crippen LogP contribution in [-0.4, -0.2) is 70.7 Å². The Morgan fingerprint density at radius 2 is 1.97 bits per heavy atom. The minimum Gasteiger partial charge on any atom is -0.497 e. The monoisotopic (exact) mass is 426 g/mol. The molecule has 2 saturated heterocycles. The van der Waals surface area contributed by atoms with Crippen LogP contribution >= 0.6 is 0 Å². The molecule has 4 rings (SSSR count). The Hall–Kier alpha value is -3.03. The number of nitrogens with one attached hydrogen (secondary N) is 1. The third-order valence-corrected chi connectivity index (χ3v) is 6.79. The first-order valence-corrected chi connectivity index (χ1v) is 10.8. The number of amides is 2. The van der Waals surface area contributed by atoms with Gasteiger partial charge in [0.2, 0.25) is 5.91 Å². The van der Waals surface area contributed by atoms with Gasteiger partial charge in [-0.05, 0) is 50.8 Å². The fourth-order valence-electron chi connectivity index (χ4n) is 5.18. The minimum absolute atomic E-state index is 0.0560. The summed E-state index contributed by atoms with van der Waals surface area (Å²) in [7, 11) is 3.19. The number of piperidine rings is 2. The molecule has 8 heteroatoms. The number of aromatic nitrogens is 2. The van der Waals surface area contributed by atoms with Crippen LogP contribution in [0.3, 0.4) is 0 Å². The molecule has 8 nitrogen and oxygen atoms in total. The molecule has 1 aromatic carbocycles. The van der Waals surface area contributed by atoms with Crippen LogP contribution in [0.5, 0.6) is 11.5 Å². The maximum Gasteiger partial charge on any atom is 0.272 e. The number of fused-ring (bicyclic) bond motifs is 1. The highest BCUT2D eigenvalue weighted by Gasteiger charge is 2.50. The van der Waals surface area contributed by atoms with E-state index >= 15 is 0 Å². The van der Waals surface area contributed by atoms with Crippen LogP contribution in [0.1, 0.15) is 50.0 Å². The SMILES string of the molecule is COc1ccc(-c2cc(C(=O)N3CCC[C@@H]4N(C(C)=O)CCC[C@@]43C)[nH]n2)c(OC)c1. The molecule has 166 valence electrons. The number of methoxy groups -OCH3 is 2. The van der Waals surface area contributed by atoms with E-state index in [-0.39, 0.29) is 23.4 Å². The second-order valence-corrected chi connectivity index (χ2v) is 8.52. The van der Waals surface area contributed by atoms with Gasteiger partial charge in [-0.15, -0.1) is 0 Å². The van der Waals surface area contributed by atoms with Gasteiger partial charge in [0, 0.05) is 31.6 Å². The second-order valence-electron chi connectivity index (χ2n) is 8.52. The Balaban J connectivity index is 1.62. The number of carbonyl (C=O) groups is 2. The molecular formula is C23H30N4O4. The van der Waals surface area contributed by atoms with Gasteiger partial charge in [0.05, 0.1) is 31.5 Å². The number of ether oxygens (including phenoxy) is 2. The van der Waals surface area contributed by atoms with Crippen molar-refractivity contribution in [1.82, 2.24) is 20.0 Å². The summed E-state index contributed by atoms with van der Waals surface area (Å²) in [4.78, 5) is 29.6. The fraction of sp³-hybridized carbons (Fsp3) is 0.522. The van der Waals surface area contributed by atoms with Crippen molar-refractivity contribution in [2.24, 2.45) is 0 Å². The van der Waals surface area contributed by atoms with Crippen molar-refractivity contribution in [2.45, 2.75) is 51.1 Å². The first kappa shape index (κ1) is 21.2. The molecule has 2 fully saturated rings. The van der Waals surface area contributed by atoms with Gasteiger partial charge >= 0.3 is 0 Å². The Morgan fingerprint density at radius 3 is 2.68 bits per heavy atom. The number of rotatable bonds is 4. The molecule has 31 heavy (non-hydrogen) atoms. The van der Waals surface area contributed by atoms with Crippen molar-refractivity contribution < 1.29 is 19.1 Å². The molecule has 3 heterocycles. The van der Waals surface area contributed by atoms with Crippen molar-refractivity contribution >= 4 is 11.8 Å². The lowest BCUT2D eigenvalue weighted by molar-refractivity contribution is -0.140. The molecule has 0 saturated carbocycles. The van der Waals surface area contributed by atoms with Crippen LogP contribution in [0.4, 0.5) is 0 Å². The number of benzene rings is 1. The van der Waals surface area contributed by atoms with E-state index in [2.05, 4.69) is 17.1 Å². The van der Waals surface area contributed by atoms with Crippen LogP contribution < -0.4 is 9.47 Å². The zero-order valence-corrected chi connectivity index (χ0v) is 18.6. The van der Waals surface area contributed by atoms with Crippen LogP contribution in [0.15, 0.2) is 24.3 Å². The Labute approximate surface area is 182 Å². The Morgan fingerprint density at radius 1 is 1.16 bits per heavy atom. The molecule has 2 atom stereocenters. The van der Waals surface area contributed by atoms with Gasteiger partial charge in [0.1, 0.15) is 17.2 Å². The average molecular weight is 427 g/mol. The number of carbonyl (C=O) groups excluding carboxylic acids is 2. The fourth-order valence-corrected chi connectivity index (χ4v) is 5.18. The lowest BCUT2D eigenvalue weighted by Crippen LogP contribution is -2.68. The lowest BCUT2D eigenvalue weighted by Gasteiger charge is -2.56. The summed E-state index contributed by atoms with van der Waals surface area (Å²) in [6, 6.07) is 7.32. The van der Waals surface area contributed by atoms with Gasteiger partial charge in [-0.2, -0.15) is 5.10 Å². The highest BCUT2D eigenvalue weighted by molar-refractivity contribution is 5.94. The average Bonchev–Trinajstić information content (AvgIpc) is 3.26. The lowest BCUT2D eigenvalue weighted by atomic mass is 9.76. The normalized spacial score (nSPS) is 23.3. The standard InChI is InChI=1S/C23H30N4O4/c1-15(28)26-11-6-10-23(2)21(26)7-5-12-27(23)22(29)19-14-18(24-25-19)17-9-8-16(30-3)13-20(17)31-4/h8-9,13-14,21H,5-7,10-12H2,1-4H3,(H,24,25)/t21-,23-/m0/s1. The van der Waals surface area contributed by atoms with Crippen molar-refractivity contribution in [3.8, 4) is 22.8 Å². The third kappa shape index (κ3) is 3.64. The highest BCUT2D eigenvalue weighted by atomic mass is 16.5. The number of hydrogen-bond acceptors (Lipinski definition) is 5. The third-order valence-electron chi connectivity index (χ3n) is 6.79. The first-order valence-electron chi connectivity index (χ1n) is 10.8. The van der Waals surface area contributed by atoms with Gasteiger partial charge in [-0.1, -0.05) is 0 Å². The molecule has 2 amide bonds. The molecule has 0 unspecified atom stereocenters. The predicted molar refractivity (Wildman–Crippen MR) is 116 cm³/mol. The van der Waals surface area contributed by atoms with Crippen LogP contribution in [0.2, 0.25) is 0 Å². The van der Waals surface area contributed by atoms with Crippen LogP contribution in [0, 0.1) is 0 Å². The molecule has 1 aromatic heterocycles. The van der Waals surface area contributed by atoms with Gasteiger partial charge in [0.25, 0.3) is 5.91 Å². The largest absolute Gasteiger partial charge is 0.497 e. The summed E-state index contributed by atoms with van der Waals surface area (Å²) in [6.45, 7) is 5.18. The summed E-state index contributed by atoms with van der Waals surface area (Å²) in [5.74, 6) is 1.32. The number of aromatic amines is 1. The number of H-pyrrole nitrogens is 1. The van der Waals surface area contributed by atoms with Gasteiger partial charge in [0.15, 0.2) is 0 Å². The van der Waals surface area contributed by atoms with E-state index in [1.54, 1.807) is 33.3 Å². The van der Waals surface area contributed by atoms with Crippen molar-refractivity contribution in [3.05, 3.63) is 30.0 Å². The maximum atomic E-state index is 13.5. The highest BCUT2D eigenvalue weighted by Crippen LogP contribution is 2.40. The summed E-state index contributed by atoms with van der Waals surface area (Å²) < 4.78 is 10.7. The molecular weight excluding hydrogens is 396 g/mol. The van der Waals surface area contributed by atoms with Crippen LogP contribution in [0.25, 0.3) is 11.3 Å². The first-order chi connectivity index (χ1) is 14.9. The summed E-state index contributed by atoms with van der Waals surface area (Å²) in [5.41, 5.74) is 1.48. The molecule has 0 spiro atoms. The summed E-state index contributed by atoms with van der Waals surface area (Å²) >= 11 is 0. The molecule has 2 aromatic rings. The minimum atomic E-state index is -0.373. The predicted octanol–water partition coefficient (Wildman–Crippen LogP) is 3.10. The van der Waals surface area contributed by atoms with E-state index in [4.69, 9.17) is 9.47 Å². The van der Waals surface area contributed by atoms with E-state index in [1.807, 2.05) is 21.9 Å². The van der Waals surface area contributed by atoms with Crippen molar-refractivity contribution in [3.63, 3.8) is 0 Å². The van der Waals surface area contributed by atoms with E-state index in [0.717, 1.165) is 37.8 Å². The number of hydrogen-bond donors (Lipinski definition) is 1. The quantitative estimate of drug-likeness (QED) is 0.812. The van der Waals surface area contributed by atoms with Gasteiger partial charge in [-0.25, -0.2) is 0 Å². The van der Waals surface area contributed by atoms with Crippen LogP contribution in [-0.2, 0) is 4.79 Å². The smallest absolute Gasteiger partial charge is 0.272 e. The topological polar surface area (TPSA) is 87.8 Å². The van der Waals surface area contributed by atoms with E-state index < -0.39 is 0 Å². The zero-order valence-electron chi connectivity index (χ0n) is 18.6. The Kier molecular flexibility index (Phi) is 5.64.